The van der Waals surface area contributed by atoms with Crippen molar-refractivity contribution >= 4 is 5.97 Å². The molecule has 3 unspecified atom stereocenters. The molecule has 2 saturated heterocycles. The van der Waals surface area contributed by atoms with Crippen LogP contribution in [-0.4, -0.2) is 28.4 Å². The Balaban J connectivity index is 1.69. The number of benzene rings is 1. The smallest absolute Gasteiger partial charge is 0.336 e. The highest BCUT2D eigenvalue weighted by Gasteiger charge is 2.63. The van der Waals surface area contributed by atoms with Crippen molar-refractivity contribution in [2.24, 2.45) is 0 Å². The fourth-order valence-corrected chi connectivity index (χ4v) is 3.13. The molecular weight excluding hydrogens is 244 g/mol. The average Bonchev–Trinajstić information content (AvgIpc) is 2.90. The number of hydrogen-bond donors (Lipinski definition) is 1. The van der Waals surface area contributed by atoms with Crippen LogP contribution in [0.15, 0.2) is 30.3 Å². The van der Waals surface area contributed by atoms with Crippen LogP contribution in [0.1, 0.15) is 31.7 Å². The summed E-state index contributed by atoms with van der Waals surface area (Å²) in [6.45, 7) is 2.46. The fraction of sp³-hybridized carbons (Fsp3) is 0.533. The molecule has 1 aromatic carbocycles. The molecule has 4 nitrogen and oxygen atoms in total. The Morgan fingerprint density at radius 1 is 1.42 bits per heavy atom. The van der Waals surface area contributed by atoms with Crippen molar-refractivity contribution < 1.29 is 19.4 Å². The lowest BCUT2D eigenvalue weighted by Gasteiger charge is -2.28. The Hall–Kier alpha value is -1.39. The van der Waals surface area contributed by atoms with E-state index in [9.17, 15) is 9.90 Å². The Morgan fingerprint density at radius 3 is 2.79 bits per heavy atom. The van der Waals surface area contributed by atoms with Crippen molar-refractivity contribution in [1.29, 1.82) is 0 Å². The van der Waals surface area contributed by atoms with Crippen LogP contribution in [0.25, 0.3) is 0 Å². The molecule has 19 heavy (non-hydrogen) atoms. The Kier molecular flexibility index (Phi) is 2.87. The maximum atomic E-state index is 11.4. The number of aliphatic carboxylic acids is 1. The van der Waals surface area contributed by atoms with E-state index in [-0.39, 0.29) is 6.10 Å². The fourth-order valence-electron chi connectivity index (χ4n) is 3.13. The third-order valence-corrected chi connectivity index (χ3v) is 4.33. The van der Waals surface area contributed by atoms with Gasteiger partial charge in [0.05, 0.1) is 18.3 Å². The molecule has 3 rings (SSSR count). The highest BCUT2D eigenvalue weighted by atomic mass is 16.6. The van der Waals surface area contributed by atoms with E-state index in [1.165, 1.54) is 0 Å². The van der Waals surface area contributed by atoms with Gasteiger partial charge in [0, 0.05) is 6.42 Å². The number of carboxylic acid groups (broad SMARTS) is 1. The van der Waals surface area contributed by atoms with E-state index in [4.69, 9.17) is 9.47 Å². The van der Waals surface area contributed by atoms with E-state index in [1.54, 1.807) is 0 Å². The second-order valence-electron chi connectivity index (χ2n) is 5.70. The first-order valence-corrected chi connectivity index (χ1v) is 6.63. The summed E-state index contributed by atoms with van der Waals surface area (Å²) in [5, 5.41) is 9.33. The van der Waals surface area contributed by atoms with Crippen molar-refractivity contribution in [3.05, 3.63) is 35.9 Å². The first kappa shape index (κ1) is 12.6. The topological polar surface area (TPSA) is 55.8 Å². The van der Waals surface area contributed by atoms with Crippen LogP contribution in [0, 0.1) is 0 Å². The predicted molar refractivity (Wildman–Crippen MR) is 68.7 cm³/mol. The summed E-state index contributed by atoms with van der Waals surface area (Å²) in [7, 11) is 0. The van der Waals surface area contributed by atoms with E-state index in [2.05, 4.69) is 0 Å². The van der Waals surface area contributed by atoms with Gasteiger partial charge in [-0.05, 0) is 25.3 Å². The van der Waals surface area contributed by atoms with Crippen LogP contribution in [0.2, 0.25) is 0 Å². The van der Waals surface area contributed by atoms with E-state index in [1.807, 2.05) is 37.3 Å². The molecule has 0 saturated carbocycles. The van der Waals surface area contributed by atoms with Crippen molar-refractivity contribution in [2.75, 3.05) is 0 Å². The van der Waals surface area contributed by atoms with E-state index in [0.29, 0.717) is 19.4 Å². The quantitative estimate of drug-likeness (QED) is 0.905. The lowest BCUT2D eigenvalue weighted by molar-refractivity contribution is -0.162. The zero-order valence-corrected chi connectivity index (χ0v) is 11.0. The summed E-state index contributed by atoms with van der Waals surface area (Å²) < 4.78 is 11.7. The van der Waals surface area contributed by atoms with Crippen molar-refractivity contribution in [1.82, 2.24) is 0 Å². The number of carbonyl (C=O) groups is 1. The van der Waals surface area contributed by atoms with Gasteiger partial charge in [0.15, 0.2) is 5.60 Å². The predicted octanol–water partition coefficient (Wildman–Crippen LogP) is 2.37. The molecule has 2 heterocycles. The van der Waals surface area contributed by atoms with Crippen molar-refractivity contribution in [3.8, 4) is 0 Å². The number of carboxylic acids is 1. The Morgan fingerprint density at radius 2 is 2.16 bits per heavy atom. The lowest BCUT2D eigenvalue weighted by Crippen LogP contribution is -2.39. The highest BCUT2D eigenvalue weighted by molar-refractivity contribution is 5.78. The summed E-state index contributed by atoms with van der Waals surface area (Å²) in [5.74, 6) is -0.859. The monoisotopic (exact) mass is 262 g/mol. The minimum atomic E-state index is -1.02. The number of rotatable bonds is 4. The molecule has 4 heteroatoms. The number of hydrogen-bond acceptors (Lipinski definition) is 3. The van der Waals surface area contributed by atoms with Gasteiger partial charge >= 0.3 is 5.97 Å². The van der Waals surface area contributed by atoms with Gasteiger partial charge in [0.25, 0.3) is 0 Å². The SMILES string of the molecule is CC12CCC(C(=O)O)(CC1OCc1ccccc1)O2. The zero-order chi connectivity index (χ0) is 13.5. The van der Waals surface area contributed by atoms with Gasteiger partial charge in [0.1, 0.15) is 0 Å². The first-order chi connectivity index (χ1) is 9.04. The molecule has 0 amide bonds. The zero-order valence-electron chi connectivity index (χ0n) is 11.0. The first-order valence-electron chi connectivity index (χ1n) is 6.63. The molecule has 1 aromatic rings. The summed E-state index contributed by atoms with van der Waals surface area (Å²) in [6, 6.07) is 9.91. The van der Waals surface area contributed by atoms with Crippen LogP contribution in [0.3, 0.4) is 0 Å². The second kappa shape index (κ2) is 4.32. The van der Waals surface area contributed by atoms with E-state index in [0.717, 1.165) is 12.0 Å². The number of ether oxygens (including phenoxy) is 2. The molecule has 0 spiro atoms. The minimum Gasteiger partial charge on any atom is -0.479 e. The van der Waals surface area contributed by atoms with Crippen molar-refractivity contribution in [2.45, 2.75) is 50.1 Å². The third kappa shape index (κ3) is 2.05. The van der Waals surface area contributed by atoms with E-state index >= 15 is 0 Å². The average molecular weight is 262 g/mol. The van der Waals surface area contributed by atoms with Crippen LogP contribution >= 0.6 is 0 Å². The molecule has 102 valence electrons. The van der Waals surface area contributed by atoms with Crippen LogP contribution in [0.5, 0.6) is 0 Å². The highest BCUT2D eigenvalue weighted by Crippen LogP contribution is 2.52. The molecule has 0 radical (unpaired) electrons. The molecule has 1 N–H and O–H groups in total. The minimum absolute atomic E-state index is 0.141. The Bertz CT molecular complexity index is 486. The lowest BCUT2D eigenvalue weighted by atomic mass is 9.81. The summed E-state index contributed by atoms with van der Waals surface area (Å²) in [6.07, 6.45) is 1.65. The summed E-state index contributed by atoms with van der Waals surface area (Å²) >= 11 is 0. The van der Waals surface area contributed by atoms with Gasteiger partial charge in [-0.15, -0.1) is 0 Å². The normalized spacial score (nSPS) is 36.6. The third-order valence-electron chi connectivity index (χ3n) is 4.33. The van der Waals surface area contributed by atoms with Crippen LogP contribution in [-0.2, 0) is 20.9 Å². The maximum Gasteiger partial charge on any atom is 0.336 e. The molecule has 0 aromatic heterocycles. The largest absolute Gasteiger partial charge is 0.479 e. The van der Waals surface area contributed by atoms with Crippen LogP contribution < -0.4 is 0 Å². The summed E-state index contributed by atoms with van der Waals surface area (Å²) in [4.78, 5) is 11.4. The molecule has 2 aliphatic rings. The molecule has 2 bridgehead atoms. The van der Waals surface area contributed by atoms with Gasteiger partial charge in [-0.3, -0.25) is 0 Å². The van der Waals surface area contributed by atoms with E-state index < -0.39 is 17.2 Å². The standard InChI is InChI=1S/C15H18O4/c1-14-7-8-15(19-14,13(16)17)9-12(14)18-10-11-5-3-2-4-6-11/h2-6,12H,7-10H2,1H3,(H,16,17). The molecule has 0 aliphatic carbocycles. The second-order valence-corrected chi connectivity index (χ2v) is 5.70. The van der Waals surface area contributed by atoms with Gasteiger partial charge in [0.2, 0.25) is 0 Å². The summed E-state index contributed by atoms with van der Waals surface area (Å²) in [5.41, 5.74) is -0.373. The van der Waals surface area contributed by atoms with Gasteiger partial charge < -0.3 is 14.6 Å². The van der Waals surface area contributed by atoms with Crippen molar-refractivity contribution in [3.63, 3.8) is 0 Å². The molecule has 2 fully saturated rings. The maximum absolute atomic E-state index is 11.4. The van der Waals surface area contributed by atoms with Gasteiger partial charge in [-0.1, -0.05) is 30.3 Å². The molecule has 3 atom stereocenters. The number of fused-ring (bicyclic) bond motifs is 2. The van der Waals surface area contributed by atoms with Gasteiger partial charge in [-0.2, -0.15) is 0 Å². The molecule has 2 aliphatic heterocycles. The Labute approximate surface area is 112 Å². The van der Waals surface area contributed by atoms with Crippen LogP contribution in [0.4, 0.5) is 0 Å². The molecular formula is C15H18O4. The van der Waals surface area contributed by atoms with Gasteiger partial charge in [-0.25, -0.2) is 4.79 Å².